The number of hydrogen-bond donors (Lipinski definition) is 0. The number of rotatable bonds is 6. The molecule has 0 atom stereocenters. The third-order valence-corrected chi connectivity index (χ3v) is 6.57. The number of carbonyl (C=O) groups excluding carboxylic acids is 1. The summed E-state index contributed by atoms with van der Waals surface area (Å²) in [5.41, 5.74) is 1.21. The monoisotopic (exact) mass is 428 g/mol. The number of halogens is 3. The molecule has 1 saturated heterocycles. The van der Waals surface area contributed by atoms with E-state index in [4.69, 9.17) is 0 Å². The molecular formula is C23H23F3N4O. The minimum atomic E-state index is -4.15. The van der Waals surface area contributed by atoms with Crippen LogP contribution in [0.2, 0.25) is 0 Å². The smallest absolute Gasteiger partial charge is 0.301 e. The summed E-state index contributed by atoms with van der Waals surface area (Å²) < 4.78 is 41.1. The molecule has 0 unspecified atom stereocenters. The predicted molar refractivity (Wildman–Crippen MR) is 110 cm³/mol. The van der Waals surface area contributed by atoms with E-state index < -0.39 is 11.6 Å². The van der Waals surface area contributed by atoms with Gasteiger partial charge in [-0.2, -0.15) is 18.3 Å². The van der Waals surface area contributed by atoms with Gasteiger partial charge in [0.05, 0.1) is 11.6 Å². The number of hydrogen-bond acceptors (Lipinski definition) is 4. The van der Waals surface area contributed by atoms with E-state index in [1.54, 1.807) is 22.0 Å². The molecule has 8 heteroatoms. The van der Waals surface area contributed by atoms with E-state index in [9.17, 15) is 18.0 Å². The van der Waals surface area contributed by atoms with E-state index in [1.165, 1.54) is 0 Å². The number of benzene rings is 1. The number of alkyl halides is 3. The fraction of sp³-hybridized carbons (Fsp3) is 0.435. The molecule has 0 N–H and O–H groups in total. The SMILES string of the molecule is Cn1cc(-c2ccc3cnc(CC(=O)C4CN(CC5(C(F)(F)F)CC5)C4)cc3c2)cn1. The lowest BCUT2D eigenvalue weighted by molar-refractivity contribution is -0.195. The second-order valence-corrected chi connectivity index (χ2v) is 8.95. The average Bonchev–Trinajstić information content (AvgIpc) is 3.37. The Hall–Kier alpha value is -2.74. The van der Waals surface area contributed by atoms with Crippen molar-refractivity contribution in [2.75, 3.05) is 19.6 Å². The van der Waals surface area contributed by atoms with E-state index in [1.807, 2.05) is 31.4 Å². The van der Waals surface area contributed by atoms with Crippen LogP contribution in [-0.4, -0.2) is 51.3 Å². The van der Waals surface area contributed by atoms with Crippen molar-refractivity contribution >= 4 is 16.6 Å². The first-order valence-electron chi connectivity index (χ1n) is 10.4. The molecule has 1 aliphatic carbocycles. The summed E-state index contributed by atoms with van der Waals surface area (Å²) >= 11 is 0. The molecule has 162 valence electrons. The number of pyridine rings is 1. The van der Waals surface area contributed by atoms with Crippen molar-refractivity contribution in [2.45, 2.75) is 25.4 Å². The molecule has 31 heavy (non-hydrogen) atoms. The van der Waals surface area contributed by atoms with E-state index in [0.29, 0.717) is 18.8 Å². The molecule has 1 aliphatic heterocycles. The van der Waals surface area contributed by atoms with Gasteiger partial charge in [-0.05, 0) is 35.9 Å². The van der Waals surface area contributed by atoms with Crippen LogP contribution in [0.4, 0.5) is 13.2 Å². The number of nitrogens with zero attached hydrogens (tertiary/aromatic N) is 4. The molecule has 0 spiro atoms. The number of fused-ring (bicyclic) bond motifs is 1. The highest BCUT2D eigenvalue weighted by Gasteiger charge is 2.64. The molecule has 3 heterocycles. The summed E-state index contributed by atoms with van der Waals surface area (Å²) in [5, 5.41) is 6.19. The number of aryl methyl sites for hydroxylation is 1. The van der Waals surface area contributed by atoms with Crippen LogP contribution in [-0.2, 0) is 18.3 Å². The van der Waals surface area contributed by atoms with Crippen molar-refractivity contribution in [1.29, 1.82) is 0 Å². The minimum absolute atomic E-state index is 0.0195. The highest BCUT2D eigenvalue weighted by molar-refractivity contribution is 5.89. The molecule has 1 aromatic carbocycles. The average molecular weight is 428 g/mol. The Balaban J connectivity index is 1.23. The van der Waals surface area contributed by atoms with Gasteiger partial charge in [-0.3, -0.25) is 14.5 Å². The fourth-order valence-electron chi connectivity index (χ4n) is 4.37. The van der Waals surface area contributed by atoms with Gasteiger partial charge in [0.25, 0.3) is 0 Å². The molecule has 3 aromatic rings. The first-order chi connectivity index (χ1) is 14.7. The Labute approximate surface area is 177 Å². The number of likely N-dealkylation sites (tertiary alicyclic amines) is 1. The van der Waals surface area contributed by atoms with Gasteiger partial charge in [0, 0.05) is 68.1 Å². The van der Waals surface area contributed by atoms with Gasteiger partial charge in [0.2, 0.25) is 0 Å². The van der Waals surface area contributed by atoms with Crippen molar-refractivity contribution in [3.8, 4) is 11.1 Å². The normalized spacial score (nSPS) is 18.8. The van der Waals surface area contributed by atoms with Gasteiger partial charge >= 0.3 is 6.18 Å². The molecule has 0 bridgehead atoms. The lowest BCUT2D eigenvalue weighted by Crippen LogP contribution is -2.54. The highest BCUT2D eigenvalue weighted by Crippen LogP contribution is 2.58. The number of carbonyl (C=O) groups is 1. The van der Waals surface area contributed by atoms with Crippen LogP contribution in [0.3, 0.4) is 0 Å². The standard InChI is InChI=1S/C23H23F3N4O/c1-29-11-18(10-28-29)15-2-3-16-9-27-20(7-17(16)6-15)8-21(31)19-12-30(13-19)14-22(4-5-22)23(24,25)26/h2-3,6-7,9-11,19H,4-5,8,12-14H2,1H3. The third-order valence-electron chi connectivity index (χ3n) is 6.57. The second kappa shape index (κ2) is 7.15. The van der Waals surface area contributed by atoms with Crippen LogP contribution in [0.5, 0.6) is 0 Å². The fourth-order valence-corrected chi connectivity index (χ4v) is 4.37. The number of aromatic nitrogens is 3. The summed E-state index contributed by atoms with van der Waals surface area (Å²) in [6.45, 7) is 0.844. The van der Waals surface area contributed by atoms with Crippen molar-refractivity contribution in [1.82, 2.24) is 19.7 Å². The Morgan fingerprint density at radius 1 is 1.13 bits per heavy atom. The molecule has 2 fully saturated rings. The van der Waals surface area contributed by atoms with Crippen LogP contribution in [0.1, 0.15) is 18.5 Å². The van der Waals surface area contributed by atoms with Gasteiger partial charge in [0.15, 0.2) is 0 Å². The Morgan fingerprint density at radius 2 is 1.90 bits per heavy atom. The van der Waals surface area contributed by atoms with E-state index in [2.05, 4.69) is 16.1 Å². The van der Waals surface area contributed by atoms with Gasteiger partial charge < -0.3 is 4.90 Å². The van der Waals surface area contributed by atoms with Crippen LogP contribution in [0, 0.1) is 11.3 Å². The van der Waals surface area contributed by atoms with E-state index in [-0.39, 0.29) is 37.5 Å². The van der Waals surface area contributed by atoms with Crippen LogP contribution < -0.4 is 0 Å². The van der Waals surface area contributed by atoms with Crippen LogP contribution in [0.25, 0.3) is 21.9 Å². The van der Waals surface area contributed by atoms with Crippen molar-refractivity contribution in [3.63, 3.8) is 0 Å². The quantitative estimate of drug-likeness (QED) is 0.595. The van der Waals surface area contributed by atoms with Crippen LogP contribution >= 0.6 is 0 Å². The summed E-state index contributed by atoms with van der Waals surface area (Å²) in [5.74, 6) is -0.161. The lowest BCUT2D eigenvalue weighted by atomic mass is 9.90. The zero-order chi connectivity index (χ0) is 21.8. The maximum Gasteiger partial charge on any atom is 0.395 e. The molecule has 0 radical (unpaired) electrons. The largest absolute Gasteiger partial charge is 0.395 e. The van der Waals surface area contributed by atoms with Gasteiger partial charge in [0.1, 0.15) is 5.78 Å². The zero-order valence-electron chi connectivity index (χ0n) is 17.2. The Morgan fingerprint density at radius 3 is 2.55 bits per heavy atom. The summed E-state index contributed by atoms with van der Waals surface area (Å²) in [7, 11) is 1.87. The highest BCUT2D eigenvalue weighted by atomic mass is 19.4. The van der Waals surface area contributed by atoms with Crippen molar-refractivity contribution in [2.24, 2.45) is 18.4 Å². The molecule has 2 aromatic heterocycles. The second-order valence-electron chi connectivity index (χ2n) is 8.95. The first kappa shape index (κ1) is 20.2. The maximum atomic E-state index is 13.1. The van der Waals surface area contributed by atoms with Gasteiger partial charge in [-0.1, -0.05) is 12.1 Å². The Bertz CT molecular complexity index is 1140. The van der Waals surface area contributed by atoms with Crippen molar-refractivity contribution < 1.29 is 18.0 Å². The summed E-state index contributed by atoms with van der Waals surface area (Å²) in [6, 6.07) is 7.99. The predicted octanol–water partition coefficient (Wildman–Crippen LogP) is 4.02. The topological polar surface area (TPSA) is 51.0 Å². The molecular weight excluding hydrogens is 405 g/mol. The van der Waals surface area contributed by atoms with Gasteiger partial charge in [-0.15, -0.1) is 0 Å². The number of ketones is 1. The molecule has 0 amide bonds. The molecule has 1 saturated carbocycles. The molecule has 2 aliphatic rings. The summed E-state index contributed by atoms with van der Waals surface area (Å²) in [4.78, 5) is 18.8. The zero-order valence-corrected chi connectivity index (χ0v) is 17.2. The lowest BCUT2D eigenvalue weighted by Gasteiger charge is -2.40. The van der Waals surface area contributed by atoms with Gasteiger partial charge in [-0.25, -0.2) is 0 Å². The molecule has 5 nitrogen and oxygen atoms in total. The molecule has 5 rings (SSSR count). The Kier molecular flexibility index (Phi) is 4.66. The van der Waals surface area contributed by atoms with E-state index >= 15 is 0 Å². The van der Waals surface area contributed by atoms with E-state index in [0.717, 1.165) is 21.9 Å². The third kappa shape index (κ3) is 3.84. The van der Waals surface area contributed by atoms with Crippen LogP contribution in [0.15, 0.2) is 42.9 Å². The summed E-state index contributed by atoms with van der Waals surface area (Å²) in [6.07, 6.45) is 1.97. The minimum Gasteiger partial charge on any atom is -0.301 e. The maximum absolute atomic E-state index is 13.1. The van der Waals surface area contributed by atoms with Crippen molar-refractivity contribution in [3.05, 3.63) is 48.5 Å². The first-order valence-corrected chi connectivity index (χ1v) is 10.4. The number of Topliss-reactive ketones (excluding diaryl/α,β-unsaturated/α-hetero) is 1.